The summed E-state index contributed by atoms with van der Waals surface area (Å²) >= 11 is 0. The number of carbonyl (C=O) groups excluding carboxylic acids is 1. The molecule has 7 nitrogen and oxygen atoms in total. The second-order valence-corrected chi connectivity index (χ2v) is 5.80. The molecule has 0 atom stereocenters. The van der Waals surface area contributed by atoms with Crippen molar-refractivity contribution < 1.29 is 4.79 Å². The van der Waals surface area contributed by atoms with Gasteiger partial charge in [-0.3, -0.25) is 19.1 Å². The minimum Gasteiger partial charge on any atom is -0.335 e. The molecule has 0 aliphatic carbocycles. The standard InChI is InChI=1S/C16H21N5O2/c1-3-7-20-8-10-21(11-9-20)16(23)13-15(22)19(2)14-12(18-13)5-4-6-17-14/h4-6H,3,7-11H2,1-2H3. The highest BCUT2D eigenvalue weighted by Crippen LogP contribution is 2.09. The molecule has 0 spiro atoms. The predicted octanol–water partition coefficient (Wildman–Crippen LogP) is 0.496. The van der Waals surface area contributed by atoms with Crippen molar-refractivity contribution in [1.29, 1.82) is 0 Å². The molecule has 1 aliphatic heterocycles. The molecule has 1 saturated heterocycles. The number of pyridine rings is 1. The van der Waals surface area contributed by atoms with Crippen LogP contribution in [-0.4, -0.2) is 63.0 Å². The second-order valence-electron chi connectivity index (χ2n) is 5.80. The van der Waals surface area contributed by atoms with Crippen LogP contribution < -0.4 is 5.56 Å². The van der Waals surface area contributed by atoms with Gasteiger partial charge in [-0.05, 0) is 25.1 Å². The topological polar surface area (TPSA) is 71.3 Å². The van der Waals surface area contributed by atoms with E-state index in [-0.39, 0.29) is 11.6 Å². The smallest absolute Gasteiger partial charge is 0.283 e. The number of piperazine rings is 1. The normalized spacial score (nSPS) is 16.0. The molecule has 0 N–H and O–H groups in total. The van der Waals surface area contributed by atoms with Crippen LogP contribution in [0, 0.1) is 0 Å². The summed E-state index contributed by atoms with van der Waals surface area (Å²) in [6.07, 6.45) is 2.71. The molecular weight excluding hydrogens is 294 g/mol. The highest BCUT2D eigenvalue weighted by Gasteiger charge is 2.25. The molecule has 2 aromatic heterocycles. The van der Waals surface area contributed by atoms with E-state index in [2.05, 4.69) is 21.8 Å². The highest BCUT2D eigenvalue weighted by molar-refractivity contribution is 5.93. The Morgan fingerprint density at radius 1 is 1.26 bits per heavy atom. The van der Waals surface area contributed by atoms with Crippen LogP contribution in [0.1, 0.15) is 23.8 Å². The zero-order chi connectivity index (χ0) is 16.4. The van der Waals surface area contributed by atoms with Crippen molar-refractivity contribution in [3.05, 3.63) is 34.4 Å². The Morgan fingerprint density at radius 2 is 2.00 bits per heavy atom. The monoisotopic (exact) mass is 315 g/mol. The van der Waals surface area contributed by atoms with E-state index >= 15 is 0 Å². The zero-order valence-electron chi connectivity index (χ0n) is 13.5. The van der Waals surface area contributed by atoms with Gasteiger partial charge in [0.2, 0.25) is 0 Å². The van der Waals surface area contributed by atoms with Gasteiger partial charge in [0, 0.05) is 39.4 Å². The average molecular weight is 315 g/mol. The number of fused-ring (bicyclic) bond motifs is 1. The maximum Gasteiger partial charge on any atom is 0.283 e. The van der Waals surface area contributed by atoms with Crippen LogP contribution in [0.5, 0.6) is 0 Å². The van der Waals surface area contributed by atoms with Crippen LogP contribution in [0.4, 0.5) is 0 Å². The van der Waals surface area contributed by atoms with E-state index in [1.54, 1.807) is 30.3 Å². The van der Waals surface area contributed by atoms with E-state index in [4.69, 9.17) is 0 Å². The molecule has 1 fully saturated rings. The largest absolute Gasteiger partial charge is 0.335 e. The molecular formula is C16H21N5O2. The van der Waals surface area contributed by atoms with Gasteiger partial charge in [0.05, 0.1) is 0 Å². The van der Waals surface area contributed by atoms with Crippen LogP contribution in [0.3, 0.4) is 0 Å². The molecule has 0 saturated carbocycles. The first-order chi connectivity index (χ1) is 11.1. The number of carbonyl (C=O) groups is 1. The van der Waals surface area contributed by atoms with Gasteiger partial charge in [0.25, 0.3) is 11.5 Å². The van der Waals surface area contributed by atoms with E-state index in [1.165, 1.54) is 4.57 Å². The molecule has 0 unspecified atom stereocenters. The van der Waals surface area contributed by atoms with Gasteiger partial charge in [-0.15, -0.1) is 0 Å². The van der Waals surface area contributed by atoms with Gasteiger partial charge in [-0.1, -0.05) is 6.92 Å². The minimum absolute atomic E-state index is 0.0167. The van der Waals surface area contributed by atoms with Gasteiger partial charge in [-0.2, -0.15) is 0 Å². The molecule has 7 heteroatoms. The molecule has 3 rings (SSSR count). The Labute approximate surface area is 134 Å². The maximum atomic E-state index is 12.7. The van der Waals surface area contributed by atoms with E-state index < -0.39 is 5.56 Å². The Bertz CT molecular complexity index is 778. The first-order valence-corrected chi connectivity index (χ1v) is 7.95. The van der Waals surface area contributed by atoms with Crippen molar-refractivity contribution in [3.63, 3.8) is 0 Å². The summed E-state index contributed by atoms with van der Waals surface area (Å²) in [6.45, 7) is 6.14. The molecule has 0 radical (unpaired) electrons. The van der Waals surface area contributed by atoms with Crippen molar-refractivity contribution in [2.24, 2.45) is 7.05 Å². The van der Waals surface area contributed by atoms with E-state index in [1.807, 2.05) is 0 Å². The number of aryl methyl sites for hydroxylation is 1. The van der Waals surface area contributed by atoms with Crippen LogP contribution in [-0.2, 0) is 7.05 Å². The third-order valence-corrected chi connectivity index (χ3v) is 4.23. The summed E-state index contributed by atoms with van der Waals surface area (Å²) < 4.78 is 1.39. The number of nitrogens with zero attached hydrogens (tertiary/aromatic N) is 5. The third-order valence-electron chi connectivity index (χ3n) is 4.23. The molecule has 2 aromatic rings. The Kier molecular flexibility index (Phi) is 4.38. The molecule has 1 aliphatic rings. The summed E-state index contributed by atoms with van der Waals surface area (Å²) in [7, 11) is 1.62. The van der Waals surface area contributed by atoms with E-state index in [0.29, 0.717) is 24.3 Å². The van der Waals surface area contributed by atoms with E-state index in [0.717, 1.165) is 26.1 Å². The SMILES string of the molecule is CCCN1CCN(C(=O)c2nc3cccnc3n(C)c2=O)CC1. The van der Waals surface area contributed by atoms with Crippen molar-refractivity contribution in [3.8, 4) is 0 Å². The Morgan fingerprint density at radius 3 is 2.70 bits per heavy atom. The summed E-state index contributed by atoms with van der Waals surface area (Å²) in [5, 5.41) is 0. The fourth-order valence-corrected chi connectivity index (χ4v) is 2.94. The van der Waals surface area contributed by atoms with Crippen molar-refractivity contribution in [2.45, 2.75) is 13.3 Å². The molecule has 3 heterocycles. The quantitative estimate of drug-likeness (QED) is 0.825. The molecule has 0 bridgehead atoms. The van der Waals surface area contributed by atoms with Gasteiger partial charge >= 0.3 is 0 Å². The zero-order valence-corrected chi connectivity index (χ0v) is 13.5. The lowest BCUT2D eigenvalue weighted by Crippen LogP contribution is -2.50. The number of hydrogen-bond acceptors (Lipinski definition) is 5. The van der Waals surface area contributed by atoms with Crippen LogP contribution in [0.2, 0.25) is 0 Å². The van der Waals surface area contributed by atoms with E-state index in [9.17, 15) is 9.59 Å². The lowest BCUT2D eigenvalue weighted by molar-refractivity contribution is 0.0629. The molecule has 1 amide bonds. The summed E-state index contributed by atoms with van der Waals surface area (Å²) in [4.78, 5) is 37.6. The van der Waals surface area contributed by atoms with Crippen LogP contribution in [0.25, 0.3) is 11.2 Å². The summed E-state index contributed by atoms with van der Waals surface area (Å²) in [5.41, 5.74) is 0.638. The number of hydrogen-bond donors (Lipinski definition) is 0. The molecule has 122 valence electrons. The van der Waals surface area contributed by atoms with Crippen LogP contribution >= 0.6 is 0 Å². The fourth-order valence-electron chi connectivity index (χ4n) is 2.94. The Balaban J connectivity index is 1.87. The maximum absolute atomic E-state index is 12.7. The molecule has 0 aromatic carbocycles. The lowest BCUT2D eigenvalue weighted by Gasteiger charge is -2.34. The van der Waals surface area contributed by atoms with Crippen LogP contribution in [0.15, 0.2) is 23.1 Å². The first kappa shape index (κ1) is 15.6. The lowest BCUT2D eigenvalue weighted by atomic mass is 10.2. The van der Waals surface area contributed by atoms with Gasteiger partial charge in [-0.25, -0.2) is 9.97 Å². The van der Waals surface area contributed by atoms with Crippen molar-refractivity contribution in [2.75, 3.05) is 32.7 Å². The van der Waals surface area contributed by atoms with Crippen molar-refractivity contribution >= 4 is 17.1 Å². The Hall–Kier alpha value is -2.28. The number of aromatic nitrogens is 3. The second kappa shape index (κ2) is 6.45. The molecule has 23 heavy (non-hydrogen) atoms. The number of amides is 1. The fraction of sp³-hybridized carbons (Fsp3) is 0.500. The minimum atomic E-state index is -0.391. The summed E-state index contributed by atoms with van der Waals surface area (Å²) in [5.74, 6) is -0.285. The average Bonchev–Trinajstić information content (AvgIpc) is 2.58. The highest BCUT2D eigenvalue weighted by atomic mass is 16.2. The van der Waals surface area contributed by atoms with Gasteiger partial charge < -0.3 is 4.90 Å². The predicted molar refractivity (Wildman–Crippen MR) is 87.4 cm³/mol. The number of rotatable bonds is 3. The van der Waals surface area contributed by atoms with Crippen molar-refractivity contribution in [1.82, 2.24) is 24.3 Å². The summed E-state index contributed by atoms with van der Waals surface area (Å²) in [6, 6.07) is 3.51. The third kappa shape index (κ3) is 2.96. The van der Waals surface area contributed by atoms with Gasteiger partial charge in [0.1, 0.15) is 5.52 Å². The van der Waals surface area contributed by atoms with Gasteiger partial charge in [0.15, 0.2) is 11.3 Å². The first-order valence-electron chi connectivity index (χ1n) is 7.95.